The molecule has 1 saturated carbocycles. The third-order valence-corrected chi connectivity index (χ3v) is 4.45. The molecule has 2 fully saturated rings. The fourth-order valence-corrected chi connectivity index (χ4v) is 3.22. The van der Waals surface area contributed by atoms with Crippen molar-refractivity contribution in [3.05, 3.63) is 11.4 Å². The van der Waals surface area contributed by atoms with E-state index in [2.05, 4.69) is 20.8 Å². The van der Waals surface area contributed by atoms with Crippen molar-refractivity contribution in [1.29, 1.82) is 0 Å². The van der Waals surface area contributed by atoms with Gasteiger partial charge in [0.05, 0.1) is 11.4 Å². The smallest absolute Gasteiger partial charge is 0.323 e. The third kappa shape index (κ3) is 2.61. The van der Waals surface area contributed by atoms with Gasteiger partial charge < -0.3 is 10.6 Å². The highest BCUT2D eigenvalue weighted by molar-refractivity contribution is 6.10. The summed E-state index contributed by atoms with van der Waals surface area (Å²) in [4.78, 5) is 37.4. The van der Waals surface area contributed by atoms with Gasteiger partial charge in [0.2, 0.25) is 5.91 Å². The highest BCUT2D eigenvalue weighted by Crippen LogP contribution is 2.35. The minimum atomic E-state index is -2.86. The summed E-state index contributed by atoms with van der Waals surface area (Å²) in [6.45, 7) is 0.954. The van der Waals surface area contributed by atoms with E-state index in [9.17, 15) is 23.2 Å². The lowest BCUT2D eigenvalue weighted by Crippen LogP contribution is -2.44. The Hall–Kier alpha value is -2.52. The fraction of sp³-hybridized carbons (Fsp3) is 0.571. The van der Waals surface area contributed by atoms with Crippen LogP contribution < -0.4 is 10.6 Å². The van der Waals surface area contributed by atoms with E-state index >= 15 is 0 Å². The number of alkyl halides is 2. The zero-order chi connectivity index (χ0) is 17.5. The van der Waals surface area contributed by atoms with Crippen LogP contribution in [0.25, 0.3) is 0 Å². The molecule has 8 nitrogen and oxygen atoms in total. The third-order valence-electron chi connectivity index (χ3n) is 4.45. The lowest BCUT2D eigenvalue weighted by Gasteiger charge is -2.19. The average molecular weight is 341 g/mol. The highest BCUT2D eigenvalue weighted by Gasteiger charge is 2.52. The van der Waals surface area contributed by atoms with Crippen LogP contribution in [0.4, 0.5) is 19.3 Å². The van der Waals surface area contributed by atoms with Crippen LogP contribution in [0.15, 0.2) is 0 Å². The number of carbonyl (C=O) groups excluding carboxylic acids is 3. The van der Waals surface area contributed by atoms with Crippen molar-refractivity contribution in [2.45, 2.75) is 44.6 Å². The number of carbonyl (C=O) groups is 3. The molecule has 24 heavy (non-hydrogen) atoms. The first-order chi connectivity index (χ1) is 11.3. The number of H-pyrrole nitrogens is 1. The second kappa shape index (κ2) is 5.84. The van der Waals surface area contributed by atoms with Crippen LogP contribution in [0.2, 0.25) is 0 Å². The van der Waals surface area contributed by atoms with E-state index in [1.165, 1.54) is 6.92 Å². The number of anilines is 1. The Balaban J connectivity index is 1.71. The first-order valence-electron chi connectivity index (χ1n) is 7.61. The Labute approximate surface area is 136 Å². The van der Waals surface area contributed by atoms with Crippen molar-refractivity contribution in [3.8, 4) is 0 Å². The number of nitrogens with zero attached hydrogens (tertiary/aromatic N) is 2. The van der Waals surface area contributed by atoms with Crippen LogP contribution in [0.3, 0.4) is 0 Å². The van der Waals surface area contributed by atoms with Crippen LogP contribution in [0.1, 0.15) is 43.5 Å². The minimum absolute atomic E-state index is 0.127. The van der Waals surface area contributed by atoms with E-state index in [0.717, 1.165) is 17.7 Å². The number of hydrogen-bond acceptors (Lipinski definition) is 4. The second-order valence-corrected chi connectivity index (χ2v) is 6.07. The molecule has 0 bridgehead atoms. The van der Waals surface area contributed by atoms with Gasteiger partial charge in [0.25, 0.3) is 12.3 Å². The summed E-state index contributed by atoms with van der Waals surface area (Å²) in [6, 6.07) is -0.630. The normalized spacial score (nSPS) is 19.4. The summed E-state index contributed by atoms with van der Waals surface area (Å²) in [5.74, 6) is -1.17. The van der Waals surface area contributed by atoms with Gasteiger partial charge in [-0.1, -0.05) is 12.8 Å². The van der Waals surface area contributed by atoms with Crippen LogP contribution in [-0.4, -0.2) is 45.0 Å². The van der Waals surface area contributed by atoms with E-state index in [0.29, 0.717) is 12.8 Å². The number of halogens is 2. The van der Waals surface area contributed by atoms with Crippen molar-refractivity contribution in [2.75, 3.05) is 11.9 Å². The van der Waals surface area contributed by atoms with Crippen molar-refractivity contribution < 1.29 is 23.2 Å². The van der Waals surface area contributed by atoms with E-state index in [-0.39, 0.29) is 11.4 Å². The van der Waals surface area contributed by atoms with E-state index < -0.39 is 42.0 Å². The van der Waals surface area contributed by atoms with E-state index in [4.69, 9.17) is 0 Å². The fourth-order valence-electron chi connectivity index (χ4n) is 3.22. The SMILES string of the molecule is Cc1[nH]nc(C(F)F)c1NC(=O)CN1C(=O)NC2(CCCC2)C1=O. The predicted octanol–water partition coefficient (Wildman–Crippen LogP) is 1.46. The molecule has 2 aliphatic rings. The number of amides is 4. The zero-order valence-electron chi connectivity index (χ0n) is 13.0. The quantitative estimate of drug-likeness (QED) is 0.721. The summed E-state index contributed by atoms with van der Waals surface area (Å²) in [5, 5.41) is 10.8. The molecule has 4 amide bonds. The molecule has 3 N–H and O–H groups in total. The Bertz CT molecular complexity index is 697. The molecule has 0 atom stereocenters. The van der Waals surface area contributed by atoms with Gasteiger partial charge in [-0.25, -0.2) is 13.6 Å². The van der Waals surface area contributed by atoms with Gasteiger partial charge in [-0.05, 0) is 19.8 Å². The lowest BCUT2D eigenvalue weighted by atomic mass is 9.98. The number of hydrogen-bond donors (Lipinski definition) is 3. The van der Waals surface area contributed by atoms with Gasteiger partial charge in [-0.2, -0.15) is 5.10 Å². The monoisotopic (exact) mass is 341 g/mol. The molecule has 1 spiro atoms. The average Bonchev–Trinajstić information content (AvgIpc) is 3.17. The molecule has 0 unspecified atom stereocenters. The van der Waals surface area contributed by atoms with Gasteiger partial charge in [0.1, 0.15) is 12.1 Å². The number of rotatable bonds is 4. The number of nitrogens with one attached hydrogen (secondary N) is 3. The summed E-state index contributed by atoms with van der Waals surface area (Å²) in [7, 11) is 0. The molecule has 1 aliphatic carbocycles. The van der Waals surface area contributed by atoms with Crippen molar-refractivity contribution in [2.24, 2.45) is 0 Å². The van der Waals surface area contributed by atoms with Crippen LogP contribution in [0, 0.1) is 6.92 Å². The minimum Gasteiger partial charge on any atom is -0.323 e. The molecule has 1 aromatic rings. The van der Waals surface area contributed by atoms with Crippen LogP contribution in [0.5, 0.6) is 0 Å². The number of aromatic amines is 1. The molecule has 130 valence electrons. The second-order valence-electron chi connectivity index (χ2n) is 6.07. The number of imide groups is 1. The molecular formula is C14H17F2N5O3. The van der Waals surface area contributed by atoms with Crippen molar-refractivity contribution in [1.82, 2.24) is 20.4 Å². The summed E-state index contributed by atoms with van der Waals surface area (Å²) < 4.78 is 25.7. The molecule has 10 heteroatoms. The number of aryl methyl sites for hydroxylation is 1. The van der Waals surface area contributed by atoms with Gasteiger partial charge >= 0.3 is 6.03 Å². The molecule has 3 rings (SSSR count). The van der Waals surface area contributed by atoms with Gasteiger partial charge in [0, 0.05) is 0 Å². The first kappa shape index (κ1) is 16.3. The largest absolute Gasteiger partial charge is 0.325 e. The van der Waals surface area contributed by atoms with Crippen molar-refractivity contribution >= 4 is 23.5 Å². The Morgan fingerprint density at radius 1 is 1.38 bits per heavy atom. The summed E-state index contributed by atoms with van der Waals surface area (Å²) in [6.07, 6.45) is -0.0996. The Morgan fingerprint density at radius 2 is 2.04 bits per heavy atom. The summed E-state index contributed by atoms with van der Waals surface area (Å²) >= 11 is 0. The standard InChI is InChI=1S/C14H17F2N5O3/c1-7-9(10(11(15)16)20-19-7)17-8(22)6-21-12(23)14(18-13(21)24)4-2-3-5-14/h11H,2-6H2,1H3,(H,17,22)(H,18,24)(H,19,20). The van der Waals surface area contributed by atoms with Gasteiger partial charge in [-0.3, -0.25) is 19.6 Å². The van der Waals surface area contributed by atoms with E-state index in [1.54, 1.807) is 0 Å². The maximum Gasteiger partial charge on any atom is 0.325 e. The Kier molecular flexibility index (Phi) is 3.98. The molecule has 1 aliphatic heterocycles. The highest BCUT2D eigenvalue weighted by atomic mass is 19.3. The van der Waals surface area contributed by atoms with Crippen LogP contribution in [-0.2, 0) is 9.59 Å². The van der Waals surface area contributed by atoms with Crippen LogP contribution >= 0.6 is 0 Å². The first-order valence-corrected chi connectivity index (χ1v) is 7.61. The zero-order valence-corrected chi connectivity index (χ0v) is 13.0. The number of urea groups is 1. The molecule has 1 aromatic heterocycles. The van der Waals surface area contributed by atoms with E-state index in [1.807, 2.05) is 0 Å². The number of aromatic nitrogens is 2. The molecule has 1 saturated heterocycles. The maximum atomic E-state index is 12.9. The molecule has 0 aromatic carbocycles. The molecule has 2 heterocycles. The van der Waals surface area contributed by atoms with Crippen molar-refractivity contribution in [3.63, 3.8) is 0 Å². The van der Waals surface area contributed by atoms with Gasteiger partial charge in [0.15, 0.2) is 5.69 Å². The summed E-state index contributed by atoms with van der Waals surface area (Å²) in [5.41, 5.74) is -1.34. The molecular weight excluding hydrogens is 324 g/mol. The predicted molar refractivity (Wildman–Crippen MR) is 78.4 cm³/mol. The van der Waals surface area contributed by atoms with Gasteiger partial charge in [-0.15, -0.1) is 0 Å². The molecule has 0 radical (unpaired) electrons. The lowest BCUT2D eigenvalue weighted by molar-refractivity contribution is -0.133. The maximum absolute atomic E-state index is 12.9. The Morgan fingerprint density at radius 3 is 2.67 bits per heavy atom. The topological polar surface area (TPSA) is 107 Å².